The molecule has 0 amide bonds. The van der Waals surface area contributed by atoms with Gasteiger partial charge in [0.05, 0.1) is 12.2 Å². The van der Waals surface area contributed by atoms with E-state index in [0.717, 1.165) is 0 Å². The van der Waals surface area contributed by atoms with Crippen molar-refractivity contribution < 1.29 is 5.11 Å². The van der Waals surface area contributed by atoms with Gasteiger partial charge in [-0.25, -0.2) is 0 Å². The Morgan fingerprint density at radius 1 is 1.65 bits per heavy atom. The van der Waals surface area contributed by atoms with Crippen LogP contribution in [0.25, 0.3) is 5.57 Å². The standard InChI is InChI=1S/C15H16ClN3O/c1-10(7-17)5-15(20)13-4-3-12(16)6-14(13)11(8-18)9-19-2/h3-4,6,8-9,15,20H,1,5,18H2,2H3/b11-8+,19-9?. The third kappa shape index (κ3) is 3.95. The molecule has 20 heavy (non-hydrogen) atoms. The highest BCUT2D eigenvalue weighted by Crippen LogP contribution is 2.29. The van der Waals surface area contributed by atoms with Gasteiger partial charge in [-0.3, -0.25) is 4.99 Å². The van der Waals surface area contributed by atoms with E-state index in [-0.39, 0.29) is 6.42 Å². The number of nitrogens with two attached hydrogens (primary N) is 1. The van der Waals surface area contributed by atoms with E-state index in [1.54, 1.807) is 31.5 Å². The number of benzene rings is 1. The maximum absolute atomic E-state index is 10.2. The first-order valence-electron chi connectivity index (χ1n) is 5.93. The summed E-state index contributed by atoms with van der Waals surface area (Å²) in [6.45, 7) is 3.57. The Hall–Kier alpha value is -2.09. The molecule has 1 atom stereocenters. The number of aliphatic hydroxyl groups is 1. The van der Waals surface area contributed by atoms with Crippen molar-refractivity contribution >= 4 is 23.4 Å². The number of aliphatic imine (C=N–C) groups is 1. The van der Waals surface area contributed by atoms with Crippen LogP contribution in [0, 0.1) is 11.3 Å². The Morgan fingerprint density at radius 3 is 2.90 bits per heavy atom. The van der Waals surface area contributed by atoms with Crippen LogP contribution in [-0.4, -0.2) is 18.4 Å². The topological polar surface area (TPSA) is 82.4 Å². The summed E-state index contributed by atoms with van der Waals surface area (Å²) in [5, 5.41) is 19.5. The van der Waals surface area contributed by atoms with Gasteiger partial charge < -0.3 is 10.8 Å². The summed E-state index contributed by atoms with van der Waals surface area (Å²) >= 11 is 5.99. The third-order valence-electron chi connectivity index (χ3n) is 2.73. The van der Waals surface area contributed by atoms with E-state index in [0.29, 0.717) is 27.3 Å². The minimum Gasteiger partial charge on any atom is -0.404 e. The van der Waals surface area contributed by atoms with Gasteiger partial charge in [0.15, 0.2) is 0 Å². The highest BCUT2D eigenvalue weighted by molar-refractivity contribution is 6.31. The monoisotopic (exact) mass is 289 g/mol. The summed E-state index contributed by atoms with van der Waals surface area (Å²) in [6.07, 6.45) is 2.29. The second kappa shape index (κ2) is 7.49. The van der Waals surface area contributed by atoms with Crippen LogP contribution in [0.4, 0.5) is 0 Å². The number of aliphatic hydroxyl groups excluding tert-OH is 1. The number of rotatable bonds is 5. The van der Waals surface area contributed by atoms with Crippen LogP contribution < -0.4 is 5.73 Å². The van der Waals surface area contributed by atoms with Crippen LogP contribution in [0.3, 0.4) is 0 Å². The molecule has 3 N–H and O–H groups in total. The first-order valence-corrected chi connectivity index (χ1v) is 6.31. The highest BCUT2D eigenvalue weighted by Gasteiger charge is 2.16. The normalized spacial score (nSPS) is 13.2. The molecule has 104 valence electrons. The van der Waals surface area contributed by atoms with Crippen molar-refractivity contribution in [1.29, 1.82) is 5.26 Å². The molecule has 1 unspecified atom stereocenters. The maximum atomic E-state index is 10.2. The summed E-state index contributed by atoms with van der Waals surface area (Å²) in [6, 6.07) is 7.01. The van der Waals surface area contributed by atoms with Gasteiger partial charge in [0.2, 0.25) is 0 Å². The van der Waals surface area contributed by atoms with Crippen molar-refractivity contribution in [2.24, 2.45) is 10.7 Å². The van der Waals surface area contributed by atoms with Crippen molar-refractivity contribution in [3.8, 4) is 6.07 Å². The van der Waals surface area contributed by atoms with E-state index in [2.05, 4.69) is 11.6 Å². The zero-order valence-corrected chi connectivity index (χ0v) is 11.9. The first-order chi connectivity index (χ1) is 9.53. The highest BCUT2D eigenvalue weighted by atomic mass is 35.5. The van der Waals surface area contributed by atoms with E-state index >= 15 is 0 Å². The number of nitriles is 1. The van der Waals surface area contributed by atoms with E-state index in [1.165, 1.54) is 6.20 Å². The number of allylic oxidation sites excluding steroid dienone is 1. The number of halogens is 1. The van der Waals surface area contributed by atoms with Crippen LogP contribution in [-0.2, 0) is 0 Å². The Balaban J connectivity index is 3.27. The summed E-state index contributed by atoms with van der Waals surface area (Å²) in [5.74, 6) is 0. The fourth-order valence-corrected chi connectivity index (χ4v) is 1.97. The number of nitrogens with zero attached hydrogens (tertiary/aromatic N) is 2. The number of hydrogen-bond donors (Lipinski definition) is 2. The van der Waals surface area contributed by atoms with E-state index in [4.69, 9.17) is 22.6 Å². The molecule has 0 saturated heterocycles. The lowest BCUT2D eigenvalue weighted by Gasteiger charge is -2.16. The molecule has 1 rings (SSSR count). The molecule has 1 aromatic rings. The van der Waals surface area contributed by atoms with Gasteiger partial charge in [-0.2, -0.15) is 5.26 Å². The second-order valence-electron chi connectivity index (χ2n) is 4.18. The van der Waals surface area contributed by atoms with Gasteiger partial charge in [-0.05, 0) is 23.3 Å². The largest absolute Gasteiger partial charge is 0.404 e. The Bertz CT molecular complexity index is 600. The van der Waals surface area contributed by atoms with Crippen LogP contribution in [0.15, 0.2) is 41.5 Å². The zero-order chi connectivity index (χ0) is 15.1. The molecule has 0 bridgehead atoms. The molecule has 1 aromatic carbocycles. The van der Waals surface area contributed by atoms with Crippen LogP contribution >= 0.6 is 11.6 Å². The van der Waals surface area contributed by atoms with Crippen molar-refractivity contribution in [3.63, 3.8) is 0 Å². The summed E-state index contributed by atoms with van der Waals surface area (Å²) in [7, 11) is 1.63. The van der Waals surface area contributed by atoms with Crippen LogP contribution in [0.1, 0.15) is 23.7 Å². The lowest BCUT2D eigenvalue weighted by atomic mass is 9.94. The molecule has 0 spiro atoms. The minimum absolute atomic E-state index is 0.159. The molecule has 0 aliphatic heterocycles. The molecule has 0 fully saturated rings. The average molecular weight is 290 g/mol. The Morgan fingerprint density at radius 2 is 2.35 bits per heavy atom. The Kier molecular flexibility index (Phi) is 5.98. The molecule has 0 aromatic heterocycles. The fraction of sp³-hybridized carbons (Fsp3) is 0.200. The lowest BCUT2D eigenvalue weighted by molar-refractivity contribution is 0.179. The van der Waals surface area contributed by atoms with Crippen molar-refractivity contribution in [3.05, 3.63) is 52.7 Å². The predicted octanol–water partition coefficient (Wildman–Crippen LogP) is 2.84. The summed E-state index contributed by atoms with van der Waals surface area (Å²) in [5.41, 5.74) is 7.85. The van der Waals surface area contributed by atoms with Crippen molar-refractivity contribution in [1.82, 2.24) is 0 Å². The van der Waals surface area contributed by atoms with Crippen molar-refractivity contribution in [2.75, 3.05) is 7.05 Å². The maximum Gasteiger partial charge on any atom is 0.0941 e. The molecule has 0 aliphatic carbocycles. The molecule has 4 nitrogen and oxygen atoms in total. The molecular weight excluding hydrogens is 274 g/mol. The quantitative estimate of drug-likeness (QED) is 0.646. The fourth-order valence-electron chi connectivity index (χ4n) is 1.80. The zero-order valence-electron chi connectivity index (χ0n) is 11.2. The summed E-state index contributed by atoms with van der Waals surface area (Å²) in [4.78, 5) is 3.92. The smallest absolute Gasteiger partial charge is 0.0941 e. The van der Waals surface area contributed by atoms with Crippen LogP contribution in [0.2, 0.25) is 5.02 Å². The van der Waals surface area contributed by atoms with Gasteiger partial charge in [0.1, 0.15) is 0 Å². The molecule has 0 heterocycles. The SMILES string of the molecule is C=C(C#N)CC(O)c1ccc(Cl)cc1/C(C=NC)=C/N. The third-order valence-corrected chi connectivity index (χ3v) is 2.97. The van der Waals surface area contributed by atoms with Gasteiger partial charge in [0, 0.05) is 42.1 Å². The van der Waals surface area contributed by atoms with Gasteiger partial charge in [-0.1, -0.05) is 24.2 Å². The lowest BCUT2D eigenvalue weighted by Crippen LogP contribution is -2.04. The van der Waals surface area contributed by atoms with Gasteiger partial charge >= 0.3 is 0 Å². The predicted molar refractivity (Wildman–Crippen MR) is 82.4 cm³/mol. The van der Waals surface area contributed by atoms with E-state index in [9.17, 15) is 5.11 Å². The molecular formula is C15H16ClN3O. The van der Waals surface area contributed by atoms with Crippen molar-refractivity contribution in [2.45, 2.75) is 12.5 Å². The Labute approximate surface area is 123 Å². The average Bonchev–Trinajstić information content (AvgIpc) is 2.44. The minimum atomic E-state index is -0.852. The second-order valence-corrected chi connectivity index (χ2v) is 4.61. The van der Waals surface area contributed by atoms with Gasteiger partial charge in [-0.15, -0.1) is 0 Å². The van der Waals surface area contributed by atoms with Gasteiger partial charge in [0.25, 0.3) is 0 Å². The summed E-state index contributed by atoms with van der Waals surface area (Å²) < 4.78 is 0. The molecule has 0 radical (unpaired) electrons. The first kappa shape index (κ1) is 16.0. The molecule has 0 saturated carbocycles. The van der Waals surface area contributed by atoms with E-state index < -0.39 is 6.10 Å². The van der Waals surface area contributed by atoms with E-state index in [1.807, 2.05) is 6.07 Å². The van der Waals surface area contributed by atoms with Crippen LogP contribution in [0.5, 0.6) is 0 Å². The molecule has 0 aliphatic rings. The molecule has 5 heteroatoms. The number of hydrogen-bond acceptors (Lipinski definition) is 4.